The van der Waals surface area contributed by atoms with E-state index in [0.29, 0.717) is 5.92 Å². The molecular formula is C17H23F4N. The van der Waals surface area contributed by atoms with Gasteiger partial charge >= 0.3 is 6.18 Å². The molecule has 1 aromatic carbocycles. The smallest absolute Gasteiger partial charge is 0.299 e. The van der Waals surface area contributed by atoms with E-state index in [1.165, 1.54) is 0 Å². The zero-order valence-electron chi connectivity index (χ0n) is 13.3. The summed E-state index contributed by atoms with van der Waals surface area (Å²) in [5.74, 6) is 0.0426. The number of alkyl halides is 3. The van der Waals surface area contributed by atoms with Crippen molar-refractivity contribution in [1.29, 1.82) is 0 Å². The summed E-state index contributed by atoms with van der Waals surface area (Å²) in [5, 5.41) is 0. The SMILES string of the molecule is CC(C)(C)C1CCN(Cc2cc(C(F)(F)F)ccc2F)CC1. The highest BCUT2D eigenvalue weighted by atomic mass is 19.4. The van der Waals surface area contributed by atoms with Gasteiger partial charge < -0.3 is 0 Å². The lowest BCUT2D eigenvalue weighted by atomic mass is 9.75. The molecule has 124 valence electrons. The molecule has 1 nitrogen and oxygen atoms in total. The van der Waals surface area contributed by atoms with Crippen LogP contribution >= 0.6 is 0 Å². The molecule has 0 atom stereocenters. The van der Waals surface area contributed by atoms with Crippen molar-refractivity contribution >= 4 is 0 Å². The van der Waals surface area contributed by atoms with Crippen molar-refractivity contribution in [2.24, 2.45) is 11.3 Å². The average molecular weight is 317 g/mol. The summed E-state index contributed by atoms with van der Waals surface area (Å²) in [5.41, 5.74) is -0.411. The van der Waals surface area contributed by atoms with Gasteiger partial charge in [-0.3, -0.25) is 4.90 Å². The molecule has 0 N–H and O–H groups in total. The lowest BCUT2D eigenvalue weighted by Gasteiger charge is -2.38. The first kappa shape index (κ1) is 17.3. The molecule has 0 aliphatic carbocycles. The van der Waals surface area contributed by atoms with Gasteiger partial charge in [-0.1, -0.05) is 20.8 Å². The predicted molar refractivity (Wildman–Crippen MR) is 78.9 cm³/mol. The van der Waals surface area contributed by atoms with Crippen molar-refractivity contribution in [2.45, 2.75) is 46.3 Å². The van der Waals surface area contributed by atoms with Crippen LogP contribution in [-0.2, 0) is 12.7 Å². The van der Waals surface area contributed by atoms with Gasteiger partial charge in [-0.05, 0) is 55.5 Å². The van der Waals surface area contributed by atoms with Crippen LogP contribution in [0.1, 0.15) is 44.7 Å². The third-order valence-electron chi connectivity index (χ3n) is 4.58. The predicted octanol–water partition coefficient (Wildman–Crippen LogP) is 5.10. The molecule has 2 rings (SSSR count). The van der Waals surface area contributed by atoms with E-state index in [2.05, 4.69) is 20.8 Å². The molecular weight excluding hydrogens is 294 g/mol. The molecule has 0 radical (unpaired) electrons. The summed E-state index contributed by atoms with van der Waals surface area (Å²) in [6.45, 7) is 8.47. The zero-order chi connectivity index (χ0) is 16.5. The minimum atomic E-state index is -4.43. The molecule has 1 aliphatic rings. The maximum atomic E-state index is 13.8. The summed E-state index contributed by atoms with van der Waals surface area (Å²) >= 11 is 0. The second-order valence-electron chi connectivity index (χ2n) is 7.22. The van der Waals surface area contributed by atoms with Gasteiger partial charge in [-0.15, -0.1) is 0 Å². The number of piperidine rings is 1. The van der Waals surface area contributed by atoms with Gasteiger partial charge in [0.15, 0.2) is 0 Å². The Morgan fingerprint density at radius 3 is 2.18 bits per heavy atom. The number of halogens is 4. The molecule has 5 heteroatoms. The van der Waals surface area contributed by atoms with Crippen molar-refractivity contribution in [2.75, 3.05) is 13.1 Å². The Kier molecular flexibility index (Phi) is 4.85. The summed E-state index contributed by atoms with van der Waals surface area (Å²) < 4.78 is 52.0. The molecule has 22 heavy (non-hydrogen) atoms. The first-order valence-electron chi connectivity index (χ1n) is 7.65. The Morgan fingerprint density at radius 2 is 1.68 bits per heavy atom. The van der Waals surface area contributed by atoms with E-state index in [1.54, 1.807) is 0 Å². The first-order chi connectivity index (χ1) is 10.1. The van der Waals surface area contributed by atoms with Gasteiger partial charge in [0, 0.05) is 12.1 Å². The molecule has 0 unspecified atom stereocenters. The first-order valence-corrected chi connectivity index (χ1v) is 7.65. The second-order valence-corrected chi connectivity index (χ2v) is 7.22. The van der Waals surface area contributed by atoms with E-state index in [-0.39, 0.29) is 17.5 Å². The minimum Gasteiger partial charge on any atom is -0.299 e. The fourth-order valence-corrected chi connectivity index (χ4v) is 3.07. The van der Waals surface area contributed by atoms with Gasteiger partial charge in [0.1, 0.15) is 5.82 Å². The van der Waals surface area contributed by atoms with Gasteiger partial charge in [0.25, 0.3) is 0 Å². The second kappa shape index (κ2) is 6.19. The molecule has 0 spiro atoms. The van der Waals surface area contributed by atoms with E-state index < -0.39 is 17.6 Å². The largest absolute Gasteiger partial charge is 0.416 e. The monoisotopic (exact) mass is 317 g/mol. The van der Waals surface area contributed by atoms with Gasteiger partial charge in [0.05, 0.1) is 5.56 Å². The zero-order valence-corrected chi connectivity index (χ0v) is 13.3. The van der Waals surface area contributed by atoms with Crippen LogP contribution in [0.3, 0.4) is 0 Å². The van der Waals surface area contributed by atoms with E-state index in [4.69, 9.17) is 0 Å². The average Bonchev–Trinajstić information content (AvgIpc) is 2.39. The van der Waals surface area contributed by atoms with Crippen LogP contribution in [0, 0.1) is 17.2 Å². The van der Waals surface area contributed by atoms with E-state index in [1.807, 2.05) is 4.90 Å². The summed E-state index contributed by atoms with van der Waals surface area (Å²) in [6.07, 6.45) is -2.42. The Hall–Kier alpha value is -1.10. The maximum Gasteiger partial charge on any atom is 0.416 e. The van der Waals surface area contributed by atoms with Gasteiger partial charge in [-0.25, -0.2) is 4.39 Å². The maximum absolute atomic E-state index is 13.8. The summed E-state index contributed by atoms with van der Waals surface area (Å²) in [4.78, 5) is 2.04. The number of likely N-dealkylation sites (tertiary alicyclic amines) is 1. The lowest BCUT2D eigenvalue weighted by Crippen LogP contribution is -2.37. The van der Waals surface area contributed by atoms with Crippen LogP contribution in [-0.4, -0.2) is 18.0 Å². The molecule has 1 aliphatic heterocycles. The van der Waals surface area contributed by atoms with E-state index >= 15 is 0 Å². The number of hydrogen-bond acceptors (Lipinski definition) is 1. The lowest BCUT2D eigenvalue weighted by molar-refractivity contribution is -0.137. The molecule has 0 amide bonds. The van der Waals surface area contributed by atoms with Gasteiger partial charge in [0.2, 0.25) is 0 Å². The minimum absolute atomic E-state index is 0.129. The van der Waals surface area contributed by atoms with Crippen LogP contribution in [0.25, 0.3) is 0 Å². The Labute approximate surface area is 129 Å². The quantitative estimate of drug-likeness (QED) is 0.686. The molecule has 1 aromatic rings. The Morgan fingerprint density at radius 1 is 1.09 bits per heavy atom. The van der Waals surface area contributed by atoms with Crippen LogP contribution < -0.4 is 0 Å². The fourth-order valence-electron chi connectivity index (χ4n) is 3.07. The number of benzene rings is 1. The molecule has 0 saturated carbocycles. The molecule has 1 saturated heterocycles. The molecule has 0 aromatic heterocycles. The van der Waals surface area contributed by atoms with Crippen LogP contribution in [0.4, 0.5) is 17.6 Å². The van der Waals surface area contributed by atoms with Crippen molar-refractivity contribution in [3.63, 3.8) is 0 Å². The highest BCUT2D eigenvalue weighted by Crippen LogP contribution is 2.35. The van der Waals surface area contributed by atoms with Gasteiger partial charge in [-0.2, -0.15) is 13.2 Å². The number of hydrogen-bond donors (Lipinski definition) is 0. The molecule has 0 bridgehead atoms. The van der Waals surface area contributed by atoms with Crippen molar-refractivity contribution in [3.05, 3.63) is 35.1 Å². The Bertz CT molecular complexity index is 508. The van der Waals surface area contributed by atoms with Crippen molar-refractivity contribution in [3.8, 4) is 0 Å². The highest BCUT2D eigenvalue weighted by Gasteiger charge is 2.32. The third-order valence-corrected chi connectivity index (χ3v) is 4.58. The topological polar surface area (TPSA) is 3.24 Å². The standard InChI is InChI=1S/C17H23F4N/c1-16(2,3)13-6-8-22(9-7-13)11-12-10-14(17(19,20)21)4-5-15(12)18/h4-5,10,13H,6-9,11H2,1-3H3. The fraction of sp³-hybridized carbons (Fsp3) is 0.647. The van der Waals surface area contributed by atoms with Crippen molar-refractivity contribution in [1.82, 2.24) is 4.90 Å². The normalized spacial score (nSPS) is 18.7. The summed E-state index contributed by atoms with van der Waals surface area (Å²) in [6, 6.07) is 2.65. The Balaban J connectivity index is 2.03. The van der Waals surface area contributed by atoms with Crippen LogP contribution in [0.15, 0.2) is 18.2 Å². The number of rotatable bonds is 2. The third kappa shape index (κ3) is 4.22. The highest BCUT2D eigenvalue weighted by molar-refractivity contribution is 5.27. The molecule has 1 fully saturated rings. The van der Waals surface area contributed by atoms with E-state index in [0.717, 1.165) is 44.1 Å². The van der Waals surface area contributed by atoms with Crippen LogP contribution in [0.2, 0.25) is 0 Å². The summed E-state index contributed by atoms with van der Waals surface area (Å²) in [7, 11) is 0. The van der Waals surface area contributed by atoms with Crippen molar-refractivity contribution < 1.29 is 17.6 Å². The molecule has 1 heterocycles. The van der Waals surface area contributed by atoms with E-state index in [9.17, 15) is 17.6 Å². The van der Waals surface area contributed by atoms with Crippen LogP contribution in [0.5, 0.6) is 0 Å². The number of nitrogens with zero attached hydrogens (tertiary/aromatic N) is 1.